The van der Waals surface area contributed by atoms with E-state index in [1.165, 1.54) is 0 Å². The van der Waals surface area contributed by atoms with Gasteiger partial charge in [0.15, 0.2) is 0 Å². The predicted octanol–water partition coefficient (Wildman–Crippen LogP) is 1.63. The second-order valence-corrected chi connectivity index (χ2v) is 5.06. The van der Waals surface area contributed by atoms with Crippen molar-refractivity contribution in [3.63, 3.8) is 0 Å². The van der Waals surface area contributed by atoms with Crippen LogP contribution in [0.25, 0.3) is 0 Å². The maximum Gasteiger partial charge on any atom is 0.517 e. The van der Waals surface area contributed by atoms with Gasteiger partial charge in [-0.05, 0) is 33.6 Å². The molecule has 0 radical (unpaired) electrons. The number of amides is 1. The first-order valence-corrected chi connectivity index (χ1v) is 5.47. The van der Waals surface area contributed by atoms with Gasteiger partial charge in [0.1, 0.15) is 11.9 Å². The maximum absolute atomic E-state index is 11.2. The number of ether oxygens (including phenoxy) is 2. The highest BCUT2D eigenvalue weighted by Gasteiger charge is 2.31. The zero-order chi connectivity index (χ0) is 13.1. The van der Waals surface area contributed by atoms with E-state index >= 15 is 0 Å². The number of carbonyl (C=O) groups is 3. The molecule has 96 valence electrons. The average Bonchev–Trinajstić information content (AvgIpc) is 2.06. The quantitative estimate of drug-likeness (QED) is 0.453. The molecule has 6 nitrogen and oxygen atoms in total. The van der Waals surface area contributed by atoms with Crippen LogP contribution in [0.1, 0.15) is 33.6 Å². The Balaban J connectivity index is 2.22. The standard InChI is InChI=1S/C11H17NO5/c1-11(2,3)17-10(15)16-9(14)12-8-4-7(5-8)6-13/h6-8H,4-5H2,1-3H3,(H,12,14). The molecule has 1 amide bonds. The van der Waals surface area contributed by atoms with E-state index < -0.39 is 17.8 Å². The number of hydrogen-bond acceptors (Lipinski definition) is 5. The van der Waals surface area contributed by atoms with Crippen molar-refractivity contribution >= 4 is 18.5 Å². The number of hydrogen-bond donors (Lipinski definition) is 1. The average molecular weight is 243 g/mol. The van der Waals surface area contributed by atoms with Crippen molar-refractivity contribution in [3.05, 3.63) is 0 Å². The van der Waals surface area contributed by atoms with E-state index in [1.54, 1.807) is 20.8 Å². The molecule has 0 bridgehead atoms. The van der Waals surface area contributed by atoms with Gasteiger partial charge in [0.2, 0.25) is 0 Å². The van der Waals surface area contributed by atoms with Gasteiger partial charge >= 0.3 is 12.2 Å². The summed E-state index contributed by atoms with van der Waals surface area (Å²) in [6.45, 7) is 5.02. The Labute approximate surface area is 99.6 Å². The van der Waals surface area contributed by atoms with E-state index in [4.69, 9.17) is 4.74 Å². The lowest BCUT2D eigenvalue weighted by atomic mass is 9.81. The Hall–Kier alpha value is -1.59. The minimum atomic E-state index is -1.03. The van der Waals surface area contributed by atoms with Gasteiger partial charge in [0.25, 0.3) is 0 Å². The van der Waals surface area contributed by atoms with Crippen LogP contribution < -0.4 is 5.32 Å². The third-order valence-corrected chi connectivity index (χ3v) is 2.25. The Morgan fingerprint density at radius 1 is 1.29 bits per heavy atom. The highest BCUT2D eigenvalue weighted by Crippen LogP contribution is 2.25. The molecule has 1 N–H and O–H groups in total. The normalized spacial score (nSPS) is 23.2. The highest BCUT2D eigenvalue weighted by molar-refractivity contribution is 5.81. The van der Waals surface area contributed by atoms with Crippen LogP contribution in [0.5, 0.6) is 0 Å². The molecule has 6 heteroatoms. The van der Waals surface area contributed by atoms with Gasteiger partial charge < -0.3 is 19.6 Å². The minimum Gasteiger partial charge on any atom is -0.428 e. The third-order valence-electron chi connectivity index (χ3n) is 2.25. The number of aldehydes is 1. The Bertz CT molecular complexity index is 314. The van der Waals surface area contributed by atoms with Gasteiger partial charge in [-0.25, -0.2) is 9.59 Å². The summed E-state index contributed by atoms with van der Waals surface area (Å²) in [6, 6.07) is -0.0971. The third kappa shape index (κ3) is 4.84. The van der Waals surface area contributed by atoms with Crippen LogP contribution in [0.2, 0.25) is 0 Å². The Kier molecular flexibility index (Phi) is 4.09. The lowest BCUT2D eigenvalue weighted by Crippen LogP contribution is -2.45. The van der Waals surface area contributed by atoms with Crippen molar-refractivity contribution in [2.24, 2.45) is 5.92 Å². The largest absolute Gasteiger partial charge is 0.517 e. The van der Waals surface area contributed by atoms with E-state index in [-0.39, 0.29) is 12.0 Å². The molecule has 1 aliphatic carbocycles. The molecule has 17 heavy (non-hydrogen) atoms. The van der Waals surface area contributed by atoms with Crippen LogP contribution in [-0.4, -0.2) is 30.2 Å². The molecule has 0 aromatic rings. The number of rotatable bonds is 2. The first kappa shape index (κ1) is 13.5. The lowest BCUT2D eigenvalue weighted by molar-refractivity contribution is -0.113. The van der Waals surface area contributed by atoms with Gasteiger partial charge in [0.05, 0.1) is 0 Å². The van der Waals surface area contributed by atoms with Crippen molar-refractivity contribution in [1.82, 2.24) is 5.32 Å². The van der Waals surface area contributed by atoms with Crippen molar-refractivity contribution in [2.75, 3.05) is 0 Å². The summed E-state index contributed by atoms with van der Waals surface area (Å²) >= 11 is 0. The van der Waals surface area contributed by atoms with Crippen molar-refractivity contribution in [1.29, 1.82) is 0 Å². The van der Waals surface area contributed by atoms with Crippen LogP contribution in [0.4, 0.5) is 9.59 Å². The first-order valence-electron chi connectivity index (χ1n) is 5.47. The predicted molar refractivity (Wildman–Crippen MR) is 58.4 cm³/mol. The summed E-state index contributed by atoms with van der Waals surface area (Å²) in [4.78, 5) is 32.7. The fourth-order valence-electron chi connectivity index (χ4n) is 1.43. The molecule has 0 aliphatic heterocycles. The van der Waals surface area contributed by atoms with E-state index in [1.807, 2.05) is 0 Å². The topological polar surface area (TPSA) is 81.7 Å². The van der Waals surface area contributed by atoms with Crippen LogP contribution >= 0.6 is 0 Å². The van der Waals surface area contributed by atoms with Gasteiger partial charge in [-0.3, -0.25) is 0 Å². The van der Waals surface area contributed by atoms with Crippen LogP contribution in [0, 0.1) is 5.92 Å². The molecular weight excluding hydrogens is 226 g/mol. The molecule has 0 saturated heterocycles. The molecular formula is C11H17NO5. The monoisotopic (exact) mass is 243 g/mol. The molecule has 0 aromatic carbocycles. The van der Waals surface area contributed by atoms with Crippen molar-refractivity contribution < 1.29 is 23.9 Å². The molecule has 0 spiro atoms. The van der Waals surface area contributed by atoms with Gasteiger partial charge in [-0.15, -0.1) is 0 Å². The highest BCUT2D eigenvalue weighted by atomic mass is 16.8. The second kappa shape index (κ2) is 5.16. The molecule has 0 heterocycles. The molecule has 0 atom stereocenters. The first-order chi connectivity index (χ1) is 7.80. The van der Waals surface area contributed by atoms with Crippen LogP contribution in [0.15, 0.2) is 0 Å². The maximum atomic E-state index is 11.2. The van der Waals surface area contributed by atoms with E-state index in [0.29, 0.717) is 12.8 Å². The summed E-state index contributed by atoms with van der Waals surface area (Å²) in [5.74, 6) is 0.00169. The summed E-state index contributed by atoms with van der Waals surface area (Å²) in [5, 5.41) is 2.48. The summed E-state index contributed by atoms with van der Waals surface area (Å²) in [5.41, 5.74) is -0.698. The zero-order valence-corrected chi connectivity index (χ0v) is 10.2. The number of carbonyl (C=O) groups excluding carboxylic acids is 3. The zero-order valence-electron chi connectivity index (χ0n) is 10.2. The van der Waals surface area contributed by atoms with Gasteiger partial charge in [-0.2, -0.15) is 0 Å². The molecule has 1 saturated carbocycles. The Morgan fingerprint density at radius 2 is 1.88 bits per heavy atom. The number of nitrogens with one attached hydrogen (secondary N) is 1. The summed E-state index contributed by atoms with van der Waals surface area (Å²) < 4.78 is 9.21. The van der Waals surface area contributed by atoms with E-state index in [9.17, 15) is 14.4 Å². The van der Waals surface area contributed by atoms with E-state index in [2.05, 4.69) is 10.1 Å². The molecule has 1 aliphatic rings. The van der Waals surface area contributed by atoms with Crippen molar-refractivity contribution in [2.45, 2.75) is 45.3 Å². The lowest BCUT2D eigenvalue weighted by Gasteiger charge is -2.31. The summed E-state index contributed by atoms with van der Waals surface area (Å²) in [7, 11) is 0. The van der Waals surface area contributed by atoms with Crippen LogP contribution in [-0.2, 0) is 14.3 Å². The van der Waals surface area contributed by atoms with Crippen LogP contribution in [0.3, 0.4) is 0 Å². The SMILES string of the molecule is CC(C)(C)OC(=O)OC(=O)NC1CC(C=O)C1. The summed E-state index contributed by atoms with van der Waals surface area (Å²) in [6.07, 6.45) is 0.173. The second-order valence-electron chi connectivity index (χ2n) is 5.06. The van der Waals surface area contributed by atoms with E-state index in [0.717, 1.165) is 6.29 Å². The van der Waals surface area contributed by atoms with Crippen molar-refractivity contribution in [3.8, 4) is 0 Å². The molecule has 1 rings (SSSR count). The minimum absolute atomic E-state index is 0.00169. The fraction of sp³-hybridized carbons (Fsp3) is 0.727. The number of alkyl carbamates (subject to hydrolysis) is 1. The molecule has 0 unspecified atom stereocenters. The molecule has 1 fully saturated rings. The Morgan fingerprint density at radius 3 is 2.35 bits per heavy atom. The van der Waals surface area contributed by atoms with Gasteiger partial charge in [-0.1, -0.05) is 0 Å². The molecule has 0 aromatic heterocycles. The van der Waals surface area contributed by atoms with Gasteiger partial charge in [0, 0.05) is 12.0 Å². The smallest absolute Gasteiger partial charge is 0.428 e. The fourth-order valence-corrected chi connectivity index (χ4v) is 1.43.